The van der Waals surface area contributed by atoms with Crippen LogP contribution in [0.25, 0.3) is 0 Å². The molecule has 1 rings (SSSR count). The Balaban J connectivity index is 3.23. The first-order valence-electron chi connectivity index (χ1n) is 8.27. The molecule has 0 bridgehead atoms. The quantitative estimate of drug-likeness (QED) is 0.264. The fraction of sp³-hybridized carbons (Fsp3) is 0.800. The van der Waals surface area contributed by atoms with Crippen molar-refractivity contribution in [3.63, 3.8) is 0 Å². The van der Waals surface area contributed by atoms with Crippen molar-refractivity contribution in [2.24, 2.45) is 4.99 Å². The standard InChI is InChI=1S/C15H16F13N2/c1-2-3-6-30(8-5-29-9-30)7-4-10(16,17)11(18,19)12(20,21)13(22,23)14(24,25)15(26,27)28/h5,8-9H,2-4,6-7H2,1H3/q+1. The van der Waals surface area contributed by atoms with Crippen LogP contribution in [0.2, 0.25) is 0 Å². The second-order valence-corrected chi connectivity index (χ2v) is 6.72. The van der Waals surface area contributed by atoms with Gasteiger partial charge in [0.2, 0.25) is 0 Å². The molecule has 0 saturated heterocycles. The van der Waals surface area contributed by atoms with E-state index >= 15 is 0 Å². The van der Waals surface area contributed by atoms with Crippen LogP contribution >= 0.6 is 0 Å². The summed E-state index contributed by atoms with van der Waals surface area (Å²) in [4.78, 5) is 3.54. The molecule has 0 aromatic rings. The number of quaternary nitrogens is 1. The molecule has 0 radical (unpaired) electrons. The van der Waals surface area contributed by atoms with Crippen LogP contribution in [0.3, 0.4) is 0 Å². The van der Waals surface area contributed by atoms with Gasteiger partial charge in [-0.2, -0.15) is 57.1 Å². The van der Waals surface area contributed by atoms with Crippen LogP contribution in [-0.2, 0) is 0 Å². The molecule has 0 aromatic carbocycles. The van der Waals surface area contributed by atoms with Crippen LogP contribution in [0.4, 0.5) is 57.1 Å². The minimum absolute atomic E-state index is 0.0170. The monoisotopic (exact) mass is 471 g/mol. The Morgan fingerprint density at radius 3 is 1.60 bits per heavy atom. The van der Waals surface area contributed by atoms with E-state index in [-0.39, 0.29) is 6.54 Å². The van der Waals surface area contributed by atoms with E-state index in [4.69, 9.17) is 0 Å². The Labute approximate surface area is 161 Å². The molecule has 1 aliphatic rings. The number of hydrogen-bond acceptors (Lipinski definition) is 1. The molecule has 0 aliphatic carbocycles. The van der Waals surface area contributed by atoms with Gasteiger partial charge in [0.15, 0.2) is 6.34 Å². The summed E-state index contributed by atoms with van der Waals surface area (Å²) < 4.78 is 170. The summed E-state index contributed by atoms with van der Waals surface area (Å²) in [6.45, 7) is 0.566. The summed E-state index contributed by atoms with van der Waals surface area (Å²) in [6.07, 6.45) is -5.66. The zero-order valence-corrected chi connectivity index (χ0v) is 15.1. The Kier molecular flexibility index (Phi) is 6.94. The maximum Gasteiger partial charge on any atom is 0.460 e. The molecule has 0 N–H and O–H groups in total. The van der Waals surface area contributed by atoms with Crippen LogP contribution < -0.4 is 0 Å². The summed E-state index contributed by atoms with van der Waals surface area (Å²) in [7, 11) is 0. The molecule has 1 atom stereocenters. The van der Waals surface area contributed by atoms with Gasteiger partial charge < -0.3 is 0 Å². The minimum Gasteiger partial charge on any atom is -0.253 e. The molecule has 0 aromatic heterocycles. The number of alkyl halides is 13. The molecule has 0 amide bonds. The lowest BCUT2D eigenvalue weighted by molar-refractivity contribution is -0.781. The van der Waals surface area contributed by atoms with Crippen LogP contribution in [0.15, 0.2) is 17.4 Å². The first-order valence-corrected chi connectivity index (χ1v) is 8.27. The number of aliphatic imine (C=N–C) groups is 1. The van der Waals surface area contributed by atoms with Gasteiger partial charge in [0.25, 0.3) is 0 Å². The molecular weight excluding hydrogens is 455 g/mol. The molecule has 30 heavy (non-hydrogen) atoms. The second-order valence-electron chi connectivity index (χ2n) is 6.72. The van der Waals surface area contributed by atoms with Crippen molar-refractivity contribution in [3.8, 4) is 0 Å². The van der Waals surface area contributed by atoms with Crippen molar-refractivity contribution in [1.82, 2.24) is 0 Å². The summed E-state index contributed by atoms with van der Waals surface area (Å²) in [6, 6.07) is 0. The van der Waals surface area contributed by atoms with Crippen molar-refractivity contribution < 1.29 is 61.6 Å². The highest BCUT2D eigenvalue weighted by Gasteiger charge is 2.90. The molecule has 0 saturated carbocycles. The molecule has 0 spiro atoms. The van der Waals surface area contributed by atoms with Crippen LogP contribution in [-0.4, -0.2) is 59.7 Å². The van der Waals surface area contributed by atoms with E-state index < -0.39 is 53.2 Å². The average Bonchev–Trinajstić information content (AvgIpc) is 3.06. The maximum absolute atomic E-state index is 13.9. The van der Waals surface area contributed by atoms with Gasteiger partial charge in [0.05, 0.1) is 25.7 Å². The van der Waals surface area contributed by atoms with Crippen molar-refractivity contribution in [2.45, 2.75) is 62.0 Å². The Bertz CT molecular complexity index is 652. The van der Waals surface area contributed by atoms with Crippen LogP contribution in [0, 0.1) is 0 Å². The van der Waals surface area contributed by atoms with Crippen LogP contribution in [0.5, 0.6) is 0 Å². The lowest BCUT2D eigenvalue weighted by Crippen LogP contribution is -2.70. The first kappa shape index (κ1) is 26.5. The predicted molar refractivity (Wildman–Crippen MR) is 77.9 cm³/mol. The summed E-state index contributed by atoms with van der Waals surface area (Å²) >= 11 is 0. The van der Waals surface area contributed by atoms with Crippen molar-refractivity contribution in [1.29, 1.82) is 0 Å². The number of hydrogen-bond donors (Lipinski definition) is 0. The van der Waals surface area contributed by atoms with Gasteiger partial charge in [0, 0.05) is 0 Å². The fourth-order valence-corrected chi connectivity index (χ4v) is 2.52. The number of halogens is 13. The molecule has 15 heteroatoms. The molecule has 0 fully saturated rings. The molecule has 2 nitrogen and oxygen atoms in total. The van der Waals surface area contributed by atoms with Gasteiger partial charge >= 0.3 is 35.8 Å². The van der Waals surface area contributed by atoms with Gasteiger partial charge in [-0.25, -0.2) is 4.99 Å². The predicted octanol–water partition coefficient (Wildman–Crippen LogP) is 6.25. The van der Waals surface area contributed by atoms with Gasteiger partial charge in [-0.05, 0) is 6.42 Å². The van der Waals surface area contributed by atoms with E-state index in [9.17, 15) is 57.1 Å². The molecule has 1 heterocycles. The SMILES string of the molecule is CCCC[N+]1(CCC(F)(F)C(F)(F)C(F)(F)C(F)(F)C(F)(F)C(F)(F)F)C=CN=C1. The van der Waals surface area contributed by atoms with E-state index in [1.807, 2.05) is 0 Å². The highest BCUT2D eigenvalue weighted by molar-refractivity contribution is 5.50. The Morgan fingerprint density at radius 2 is 1.20 bits per heavy atom. The topological polar surface area (TPSA) is 12.4 Å². The fourth-order valence-electron chi connectivity index (χ4n) is 2.52. The number of unbranched alkanes of at least 4 members (excludes halogenated alkanes) is 1. The van der Waals surface area contributed by atoms with Crippen molar-refractivity contribution in [2.75, 3.05) is 13.1 Å². The average molecular weight is 471 g/mol. The zero-order valence-electron chi connectivity index (χ0n) is 15.1. The minimum atomic E-state index is -7.87. The maximum atomic E-state index is 13.9. The number of nitrogens with zero attached hydrogens (tertiary/aromatic N) is 2. The third-order valence-corrected chi connectivity index (χ3v) is 4.51. The molecule has 1 aliphatic heterocycles. The van der Waals surface area contributed by atoms with E-state index in [1.54, 1.807) is 6.92 Å². The van der Waals surface area contributed by atoms with E-state index in [2.05, 4.69) is 4.99 Å². The van der Waals surface area contributed by atoms with E-state index in [1.165, 1.54) is 0 Å². The molecule has 176 valence electrons. The van der Waals surface area contributed by atoms with Crippen molar-refractivity contribution >= 4 is 6.34 Å². The summed E-state index contributed by atoms with van der Waals surface area (Å²) in [5.74, 6) is -36.6. The van der Waals surface area contributed by atoms with Gasteiger partial charge in [0.1, 0.15) is 6.20 Å². The normalized spacial score (nSPS) is 21.5. The van der Waals surface area contributed by atoms with Gasteiger partial charge in [-0.15, -0.1) is 0 Å². The zero-order chi connectivity index (χ0) is 23.9. The lowest BCUT2D eigenvalue weighted by atomic mass is 9.92. The van der Waals surface area contributed by atoms with Crippen LogP contribution in [0.1, 0.15) is 26.2 Å². The van der Waals surface area contributed by atoms with Crippen molar-refractivity contribution in [3.05, 3.63) is 12.4 Å². The smallest absolute Gasteiger partial charge is 0.253 e. The molecule has 1 unspecified atom stereocenters. The largest absolute Gasteiger partial charge is 0.460 e. The molecular formula is C15H16F13N2+. The lowest BCUT2D eigenvalue weighted by Gasteiger charge is -2.40. The summed E-state index contributed by atoms with van der Waals surface area (Å²) in [5, 5.41) is 0. The van der Waals surface area contributed by atoms with Gasteiger partial charge in [-0.3, -0.25) is 4.48 Å². The summed E-state index contributed by atoms with van der Waals surface area (Å²) in [5.41, 5.74) is 0. The van der Waals surface area contributed by atoms with E-state index in [0.717, 1.165) is 18.7 Å². The van der Waals surface area contributed by atoms with Gasteiger partial charge in [-0.1, -0.05) is 13.3 Å². The third kappa shape index (κ3) is 4.13. The first-order chi connectivity index (χ1) is 13.2. The third-order valence-electron chi connectivity index (χ3n) is 4.51. The second kappa shape index (κ2) is 7.86. The Morgan fingerprint density at radius 1 is 0.700 bits per heavy atom. The number of rotatable bonds is 10. The highest BCUT2D eigenvalue weighted by Crippen LogP contribution is 2.60. The Hall–Kier alpha value is -1.54. The highest BCUT2D eigenvalue weighted by atomic mass is 19.4. The van der Waals surface area contributed by atoms with E-state index in [0.29, 0.717) is 12.8 Å².